The summed E-state index contributed by atoms with van der Waals surface area (Å²) in [5.41, 5.74) is 1.78. The molecule has 0 radical (unpaired) electrons. The number of alkyl halides is 4. The lowest BCUT2D eigenvalue weighted by Crippen LogP contribution is -2.35. The van der Waals surface area contributed by atoms with Gasteiger partial charge in [-0.3, -0.25) is 9.48 Å². The van der Waals surface area contributed by atoms with E-state index in [0.717, 1.165) is 11.3 Å². The lowest BCUT2D eigenvalue weighted by molar-refractivity contribution is -0.146. The molecule has 1 aromatic heterocycles. The highest BCUT2D eigenvalue weighted by molar-refractivity contribution is 6.67. The molecule has 1 heterocycles. The number of carbonyl (C=O) groups is 1. The van der Waals surface area contributed by atoms with Crippen LogP contribution in [0.1, 0.15) is 19.8 Å². The van der Waals surface area contributed by atoms with Crippen LogP contribution in [0, 0.1) is 0 Å². The molecule has 0 aliphatic carbocycles. The van der Waals surface area contributed by atoms with Crippen molar-refractivity contribution in [3.8, 4) is 11.3 Å². The quantitative estimate of drug-likeness (QED) is 0.369. The van der Waals surface area contributed by atoms with E-state index in [9.17, 15) is 4.79 Å². The molecular formula is C16H17Cl4N3O2. The fourth-order valence-corrected chi connectivity index (χ4v) is 3.40. The van der Waals surface area contributed by atoms with Crippen LogP contribution in [-0.2, 0) is 16.1 Å². The first kappa shape index (κ1) is 20.3. The molecule has 0 N–H and O–H groups in total. The summed E-state index contributed by atoms with van der Waals surface area (Å²) < 4.78 is 5.23. The van der Waals surface area contributed by atoms with Gasteiger partial charge >= 0.3 is 5.97 Å². The molecule has 0 bridgehead atoms. The Morgan fingerprint density at radius 3 is 2.52 bits per heavy atom. The first-order chi connectivity index (χ1) is 11.7. The maximum absolute atomic E-state index is 12.0. The largest absolute Gasteiger partial charge is 0.464 e. The van der Waals surface area contributed by atoms with Crippen LogP contribution in [0.25, 0.3) is 11.3 Å². The van der Waals surface area contributed by atoms with Gasteiger partial charge in [-0.1, -0.05) is 70.3 Å². The smallest absolute Gasteiger partial charge is 0.327 e. The van der Waals surface area contributed by atoms with Crippen LogP contribution in [0.4, 0.5) is 0 Å². The highest BCUT2D eigenvalue weighted by Crippen LogP contribution is 2.38. The monoisotopic (exact) mass is 423 g/mol. The van der Waals surface area contributed by atoms with Gasteiger partial charge in [0.25, 0.3) is 0 Å². The summed E-state index contributed by atoms with van der Waals surface area (Å²) >= 11 is 23.1. The van der Waals surface area contributed by atoms with Crippen LogP contribution in [0.5, 0.6) is 0 Å². The lowest BCUT2D eigenvalue weighted by atomic mass is 10.1. The van der Waals surface area contributed by atoms with Crippen molar-refractivity contribution >= 4 is 52.4 Å². The predicted molar refractivity (Wildman–Crippen MR) is 100 cm³/mol. The Bertz CT molecular complexity index is 699. The molecule has 5 nitrogen and oxygen atoms in total. The van der Waals surface area contributed by atoms with Crippen molar-refractivity contribution in [1.82, 2.24) is 15.0 Å². The molecule has 0 aliphatic rings. The zero-order chi connectivity index (χ0) is 18.5. The van der Waals surface area contributed by atoms with Crippen LogP contribution in [0.3, 0.4) is 0 Å². The summed E-state index contributed by atoms with van der Waals surface area (Å²) in [4.78, 5) is 10.6. The molecule has 9 heteroatoms. The summed E-state index contributed by atoms with van der Waals surface area (Å²) in [7, 11) is 0. The first-order valence-corrected chi connectivity index (χ1v) is 9.07. The van der Waals surface area contributed by atoms with Gasteiger partial charge in [0, 0.05) is 24.9 Å². The Kier molecular flexibility index (Phi) is 6.97. The van der Waals surface area contributed by atoms with Crippen LogP contribution in [0.15, 0.2) is 36.5 Å². The zero-order valence-corrected chi connectivity index (χ0v) is 16.5. The van der Waals surface area contributed by atoms with E-state index >= 15 is 0 Å². The Hall–Kier alpha value is -1.01. The number of halogens is 4. The molecule has 0 saturated carbocycles. The third kappa shape index (κ3) is 6.66. The molecule has 136 valence electrons. The Labute approximate surface area is 166 Å². The standard InChI is InChI=1S/C16H17Cl4N3O2/c1-15(17,11-16(18,19)20)14(24)25-9-5-8-23-10-13(21-22-23)12-6-3-2-4-7-12/h2-4,6-7,10H,5,8-9,11H2,1H3. The number of nitrogens with zero attached hydrogens (tertiary/aromatic N) is 3. The maximum Gasteiger partial charge on any atom is 0.327 e. The van der Waals surface area contributed by atoms with E-state index in [4.69, 9.17) is 51.1 Å². The van der Waals surface area contributed by atoms with Gasteiger partial charge in [-0.25, -0.2) is 0 Å². The fourth-order valence-electron chi connectivity index (χ4n) is 2.14. The van der Waals surface area contributed by atoms with Crippen molar-refractivity contribution < 1.29 is 9.53 Å². The normalized spacial score (nSPS) is 14.1. The second-order valence-corrected chi connectivity index (χ2v) is 9.06. The Morgan fingerprint density at radius 2 is 1.88 bits per heavy atom. The number of aromatic nitrogens is 3. The van der Waals surface area contributed by atoms with Gasteiger partial charge in [0.15, 0.2) is 3.79 Å². The van der Waals surface area contributed by atoms with Crippen LogP contribution in [-0.4, -0.2) is 36.2 Å². The minimum Gasteiger partial charge on any atom is -0.464 e. The topological polar surface area (TPSA) is 57.0 Å². The molecule has 1 aromatic carbocycles. The summed E-state index contributed by atoms with van der Waals surface area (Å²) in [5, 5.41) is 8.17. The second kappa shape index (κ2) is 8.58. The van der Waals surface area contributed by atoms with E-state index in [1.54, 1.807) is 4.68 Å². The number of hydrogen-bond acceptors (Lipinski definition) is 4. The summed E-state index contributed by atoms with van der Waals surface area (Å²) in [6.07, 6.45) is 2.25. The van der Waals surface area contributed by atoms with Gasteiger partial charge in [0.2, 0.25) is 0 Å². The highest BCUT2D eigenvalue weighted by atomic mass is 35.6. The van der Waals surface area contributed by atoms with Gasteiger partial charge < -0.3 is 4.74 Å². The minimum absolute atomic E-state index is 0.144. The fraction of sp³-hybridized carbons (Fsp3) is 0.438. The summed E-state index contributed by atoms with van der Waals surface area (Å²) in [6.45, 7) is 2.19. The maximum atomic E-state index is 12.0. The highest BCUT2D eigenvalue weighted by Gasteiger charge is 2.40. The molecule has 0 amide bonds. The third-order valence-corrected chi connectivity index (χ3v) is 4.02. The molecule has 0 saturated heterocycles. The van der Waals surface area contributed by atoms with Crippen molar-refractivity contribution in [3.63, 3.8) is 0 Å². The summed E-state index contributed by atoms with van der Waals surface area (Å²) in [6, 6.07) is 9.74. The molecule has 1 unspecified atom stereocenters. The van der Waals surface area contributed by atoms with Crippen LogP contribution in [0.2, 0.25) is 0 Å². The molecule has 0 spiro atoms. The van der Waals surface area contributed by atoms with E-state index in [1.807, 2.05) is 36.5 Å². The van der Waals surface area contributed by atoms with Crippen molar-refractivity contribution in [2.24, 2.45) is 0 Å². The van der Waals surface area contributed by atoms with Gasteiger partial charge in [-0.05, 0) is 6.92 Å². The van der Waals surface area contributed by atoms with Crippen molar-refractivity contribution in [2.75, 3.05) is 6.61 Å². The second-order valence-electron chi connectivity index (χ2n) is 5.71. The number of carbonyl (C=O) groups excluding carboxylic acids is 1. The molecule has 25 heavy (non-hydrogen) atoms. The van der Waals surface area contributed by atoms with E-state index in [0.29, 0.717) is 13.0 Å². The molecule has 2 rings (SSSR count). The van der Waals surface area contributed by atoms with Crippen LogP contribution < -0.4 is 0 Å². The molecule has 0 aliphatic heterocycles. The van der Waals surface area contributed by atoms with E-state index in [-0.39, 0.29) is 13.0 Å². The third-order valence-electron chi connectivity index (χ3n) is 3.33. The molecule has 2 aromatic rings. The zero-order valence-electron chi connectivity index (χ0n) is 13.5. The molecule has 0 fully saturated rings. The van der Waals surface area contributed by atoms with E-state index in [1.165, 1.54) is 6.92 Å². The van der Waals surface area contributed by atoms with E-state index < -0.39 is 14.6 Å². The van der Waals surface area contributed by atoms with Gasteiger partial charge in [0.1, 0.15) is 10.6 Å². The van der Waals surface area contributed by atoms with Crippen molar-refractivity contribution in [2.45, 2.75) is 35.0 Å². The number of rotatable bonds is 7. The van der Waals surface area contributed by atoms with Gasteiger partial charge in [-0.15, -0.1) is 16.7 Å². The number of hydrogen-bond donors (Lipinski definition) is 0. The number of aryl methyl sites for hydroxylation is 1. The number of ether oxygens (including phenoxy) is 1. The minimum atomic E-state index is -1.62. The Morgan fingerprint density at radius 1 is 1.20 bits per heavy atom. The van der Waals surface area contributed by atoms with Gasteiger partial charge in [-0.2, -0.15) is 0 Å². The van der Waals surface area contributed by atoms with Crippen LogP contribution >= 0.6 is 46.4 Å². The first-order valence-electron chi connectivity index (χ1n) is 7.56. The average molecular weight is 425 g/mol. The van der Waals surface area contributed by atoms with Crippen molar-refractivity contribution in [1.29, 1.82) is 0 Å². The van der Waals surface area contributed by atoms with Crippen molar-refractivity contribution in [3.05, 3.63) is 36.5 Å². The van der Waals surface area contributed by atoms with Gasteiger partial charge in [0.05, 0.1) is 12.8 Å². The molecular weight excluding hydrogens is 408 g/mol. The Balaban J connectivity index is 1.78. The average Bonchev–Trinajstić information content (AvgIpc) is 2.99. The van der Waals surface area contributed by atoms with E-state index in [2.05, 4.69) is 10.3 Å². The molecule has 1 atom stereocenters. The SMILES string of the molecule is CC(Cl)(CC(Cl)(Cl)Cl)C(=O)OCCCn1cc(-c2ccccc2)nn1. The summed E-state index contributed by atoms with van der Waals surface area (Å²) in [5.74, 6) is -0.621. The lowest BCUT2D eigenvalue weighted by Gasteiger charge is -2.23. The number of esters is 1. The predicted octanol–water partition coefficient (Wildman–Crippen LogP) is 4.64. The number of benzene rings is 1.